The summed E-state index contributed by atoms with van der Waals surface area (Å²) in [4.78, 5) is 23.5. The zero-order chi connectivity index (χ0) is 15.0. The summed E-state index contributed by atoms with van der Waals surface area (Å²) in [7, 11) is 0. The average molecular weight is 268 g/mol. The predicted octanol–water partition coefficient (Wildman–Crippen LogP) is 1.12. The first-order valence-corrected chi connectivity index (χ1v) is 5.69. The highest BCUT2D eigenvalue weighted by Gasteiger charge is 2.12. The summed E-state index contributed by atoms with van der Waals surface area (Å²) < 4.78 is 0. The molecular formula is C15H12N2O3. The van der Waals surface area contributed by atoms with Gasteiger partial charge in [-0.25, -0.2) is 0 Å². The minimum Gasteiger partial charge on any atom is -0.480 e. The van der Waals surface area contributed by atoms with Crippen LogP contribution in [0.3, 0.4) is 0 Å². The van der Waals surface area contributed by atoms with Crippen molar-refractivity contribution < 1.29 is 14.7 Å². The van der Waals surface area contributed by atoms with Crippen molar-refractivity contribution in [1.82, 2.24) is 4.90 Å². The standard InChI is InChI=1S/C15H12N2O3/c1-2-9-17(11-15(19)20)14(18)8-7-12-3-5-13(10-16)6-4-12/h1,3-8H,9,11H2,(H,19,20). The van der Waals surface area contributed by atoms with Crippen molar-refractivity contribution in [3.8, 4) is 18.4 Å². The van der Waals surface area contributed by atoms with Gasteiger partial charge in [-0.2, -0.15) is 5.26 Å². The van der Waals surface area contributed by atoms with E-state index in [0.29, 0.717) is 5.56 Å². The van der Waals surface area contributed by atoms with Gasteiger partial charge in [0.1, 0.15) is 6.54 Å². The highest BCUT2D eigenvalue weighted by atomic mass is 16.4. The Kier molecular flexibility index (Phi) is 5.55. The lowest BCUT2D eigenvalue weighted by molar-refractivity contribution is -0.142. The van der Waals surface area contributed by atoms with Crippen LogP contribution >= 0.6 is 0 Å². The Hall–Kier alpha value is -3.05. The van der Waals surface area contributed by atoms with Crippen molar-refractivity contribution in [2.24, 2.45) is 0 Å². The topological polar surface area (TPSA) is 81.4 Å². The van der Waals surface area contributed by atoms with E-state index in [1.807, 2.05) is 6.07 Å². The summed E-state index contributed by atoms with van der Waals surface area (Å²) in [6.07, 6.45) is 7.88. The van der Waals surface area contributed by atoms with Crippen LogP contribution in [-0.4, -0.2) is 35.0 Å². The number of hydrogen-bond donors (Lipinski definition) is 1. The summed E-state index contributed by atoms with van der Waals surface area (Å²) >= 11 is 0. The Labute approximate surface area is 116 Å². The monoisotopic (exact) mass is 268 g/mol. The fraction of sp³-hybridized carbons (Fsp3) is 0.133. The molecule has 0 aliphatic heterocycles. The van der Waals surface area contributed by atoms with Gasteiger partial charge in [0.25, 0.3) is 0 Å². The SMILES string of the molecule is C#CCN(CC(=O)O)C(=O)C=Cc1ccc(C#N)cc1. The third kappa shape index (κ3) is 4.67. The summed E-state index contributed by atoms with van der Waals surface area (Å²) in [5.41, 5.74) is 1.25. The molecule has 1 N–H and O–H groups in total. The van der Waals surface area contributed by atoms with E-state index in [2.05, 4.69) is 5.92 Å². The van der Waals surface area contributed by atoms with Crippen LogP contribution in [0.1, 0.15) is 11.1 Å². The molecule has 0 atom stereocenters. The van der Waals surface area contributed by atoms with Crippen LogP contribution in [0, 0.1) is 23.7 Å². The van der Waals surface area contributed by atoms with Crippen LogP contribution in [0.25, 0.3) is 6.08 Å². The van der Waals surface area contributed by atoms with Gasteiger partial charge in [0.2, 0.25) is 5.91 Å². The highest BCUT2D eigenvalue weighted by Crippen LogP contribution is 2.05. The molecule has 0 aliphatic carbocycles. The van der Waals surface area contributed by atoms with Gasteiger partial charge in [-0.1, -0.05) is 18.1 Å². The molecule has 100 valence electrons. The molecule has 20 heavy (non-hydrogen) atoms. The number of amides is 1. The number of carboxylic acids is 1. The average Bonchev–Trinajstić information content (AvgIpc) is 2.44. The van der Waals surface area contributed by atoms with Crippen molar-refractivity contribution in [3.05, 3.63) is 41.5 Å². The first-order chi connectivity index (χ1) is 9.56. The lowest BCUT2D eigenvalue weighted by atomic mass is 10.1. The van der Waals surface area contributed by atoms with E-state index in [-0.39, 0.29) is 6.54 Å². The van der Waals surface area contributed by atoms with E-state index in [1.165, 1.54) is 12.2 Å². The molecule has 0 radical (unpaired) electrons. The molecule has 1 amide bonds. The lowest BCUT2D eigenvalue weighted by Crippen LogP contribution is -2.34. The van der Waals surface area contributed by atoms with Gasteiger partial charge < -0.3 is 10.0 Å². The molecule has 0 fully saturated rings. The summed E-state index contributed by atoms with van der Waals surface area (Å²) in [5, 5.41) is 17.3. The van der Waals surface area contributed by atoms with E-state index < -0.39 is 18.4 Å². The van der Waals surface area contributed by atoms with Crippen LogP contribution in [-0.2, 0) is 9.59 Å². The van der Waals surface area contributed by atoms with E-state index in [9.17, 15) is 9.59 Å². The maximum absolute atomic E-state index is 11.8. The lowest BCUT2D eigenvalue weighted by Gasteiger charge is -2.15. The van der Waals surface area contributed by atoms with Gasteiger partial charge in [0.05, 0.1) is 18.2 Å². The number of benzene rings is 1. The van der Waals surface area contributed by atoms with Gasteiger partial charge in [-0.15, -0.1) is 6.42 Å². The second kappa shape index (κ2) is 7.40. The molecule has 5 nitrogen and oxygen atoms in total. The third-order valence-corrected chi connectivity index (χ3v) is 2.38. The molecule has 1 rings (SSSR count). The molecule has 0 bridgehead atoms. The van der Waals surface area contributed by atoms with Gasteiger partial charge in [0.15, 0.2) is 0 Å². The fourth-order valence-electron chi connectivity index (χ4n) is 1.43. The molecule has 5 heteroatoms. The van der Waals surface area contributed by atoms with Crippen LogP contribution in [0.4, 0.5) is 0 Å². The Bertz CT molecular complexity index is 603. The fourth-order valence-corrected chi connectivity index (χ4v) is 1.43. The first-order valence-electron chi connectivity index (χ1n) is 5.69. The molecule has 1 aromatic rings. The minimum absolute atomic E-state index is 0.0666. The van der Waals surface area contributed by atoms with Crippen molar-refractivity contribution in [1.29, 1.82) is 5.26 Å². The Morgan fingerprint density at radius 2 is 2.00 bits per heavy atom. The third-order valence-electron chi connectivity index (χ3n) is 2.38. The minimum atomic E-state index is -1.12. The second-order valence-corrected chi connectivity index (χ2v) is 3.86. The second-order valence-electron chi connectivity index (χ2n) is 3.86. The van der Waals surface area contributed by atoms with Crippen molar-refractivity contribution in [2.45, 2.75) is 0 Å². The molecular weight excluding hydrogens is 256 g/mol. The number of hydrogen-bond acceptors (Lipinski definition) is 3. The van der Waals surface area contributed by atoms with Gasteiger partial charge in [0, 0.05) is 6.08 Å². The Morgan fingerprint density at radius 3 is 2.50 bits per heavy atom. The number of carbonyl (C=O) groups is 2. The molecule has 0 unspecified atom stereocenters. The van der Waals surface area contributed by atoms with Gasteiger partial charge >= 0.3 is 5.97 Å². The van der Waals surface area contributed by atoms with Crippen LogP contribution < -0.4 is 0 Å². The molecule has 0 saturated heterocycles. The smallest absolute Gasteiger partial charge is 0.323 e. The van der Waals surface area contributed by atoms with Crippen LogP contribution in [0.15, 0.2) is 30.3 Å². The maximum atomic E-state index is 11.8. The summed E-state index contributed by atoms with van der Waals surface area (Å²) in [5.74, 6) is 0.637. The van der Waals surface area contributed by atoms with Crippen LogP contribution in [0.5, 0.6) is 0 Å². The molecule has 1 aromatic carbocycles. The van der Waals surface area contributed by atoms with E-state index >= 15 is 0 Å². The van der Waals surface area contributed by atoms with Crippen molar-refractivity contribution in [3.63, 3.8) is 0 Å². The first kappa shape index (κ1) is 15.0. The quantitative estimate of drug-likeness (QED) is 0.641. The molecule has 0 heterocycles. The largest absolute Gasteiger partial charge is 0.480 e. The number of aliphatic carboxylic acids is 1. The Balaban J connectivity index is 2.76. The maximum Gasteiger partial charge on any atom is 0.323 e. The Morgan fingerprint density at radius 1 is 1.35 bits per heavy atom. The number of rotatable bonds is 5. The van der Waals surface area contributed by atoms with E-state index in [4.69, 9.17) is 16.8 Å². The molecule has 0 aliphatic rings. The molecule has 0 saturated carbocycles. The van der Waals surface area contributed by atoms with E-state index in [1.54, 1.807) is 24.3 Å². The predicted molar refractivity (Wildman–Crippen MR) is 73.2 cm³/mol. The normalized spacial score (nSPS) is 9.70. The molecule has 0 aromatic heterocycles. The number of terminal acetylenes is 1. The molecule has 0 spiro atoms. The zero-order valence-corrected chi connectivity index (χ0v) is 10.6. The van der Waals surface area contributed by atoms with Gasteiger partial charge in [-0.3, -0.25) is 9.59 Å². The highest BCUT2D eigenvalue weighted by molar-refractivity contribution is 5.93. The number of carbonyl (C=O) groups excluding carboxylic acids is 1. The van der Waals surface area contributed by atoms with Crippen molar-refractivity contribution in [2.75, 3.05) is 13.1 Å². The van der Waals surface area contributed by atoms with E-state index in [0.717, 1.165) is 10.5 Å². The van der Waals surface area contributed by atoms with Crippen molar-refractivity contribution >= 4 is 18.0 Å². The summed E-state index contributed by atoms with van der Waals surface area (Å²) in [6, 6.07) is 8.61. The number of carboxylic acid groups (broad SMARTS) is 1. The number of nitrogens with zero attached hydrogens (tertiary/aromatic N) is 2. The van der Waals surface area contributed by atoms with Crippen LogP contribution in [0.2, 0.25) is 0 Å². The zero-order valence-electron chi connectivity index (χ0n) is 10.6. The summed E-state index contributed by atoms with van der Waals surface area (Å²) in [6.45, 7) is -0.510. The number of nitriles is 1. The van der Waals surface area contributed by atoms with Gasteiger partial charge in [-0.05, 0) is 23.8 Å².